The number of anilines is 2. The van der Waals surface area contributed by atoms with Gasteiger partial charge in [0.15, 0.2) is 15.7 Å². The van der Waals surface area contributed by atoms with Gasteiger partial charge in [0.2, 0.25) is 0 Å². The minimum absolute atomic E-state index is 0.103. The molecule has 2 amide bonds. The Hall–Kier alpha value is -2.72. The van der Waals surface area contributed by atoms with Gasteiger partial charge in [-0.05, 0) is 64.3 Å². The number of urea groups is 1. The van der Waals surface area contributed by atoms with Crippen LogP contribution in [-0.2, 0) is 19.3 Å². The highest BCUT2D eigenvalue weighted by Gasteiger charge is 2.35. The summed E-state index contributed by atoms with van der Waals surface area (Å²) in [5, 5.41) is 5.80. The van der Waals surface area contributed by atoms with Gasteiger partial charge in [-0.15, -0.1) is 0 Å². The Kier molecular flexibility index (Phi) is 6.82. The van der Waals surface area contributed by atoms with Gasteiger partial charge in [0.1, 0.15) is 10.6 Å². The van der Waals surface area contributed by atoms with Crippen LogP contribution in [0.4, 0.5) is 16.3 Å². The van der Waals surface area contributed by atoms with Crippen LogP contribution in [0.2, 0.25) is 0 Å². The van der Waals surface area contributed by atoms with Gasteiger partial charge in [-0.1, -0.05) is 0 Å². The van der Waals surface area contributed by atoms with E-state index in [0.29, 0.717) is 42.8 Å². The molecule has 0 radical (unpaired) electrons. The molecule has 1 aromatic heterocycles. The zero-order chi connectivity index (χ0) is 24.5. The number of sulfone groups is 1. The smallest absolute Gasteiger partial charge is 0.319 e. The second-order valence-corrected chi connectivity index (χ2v) is 12.2. The Morgan fingerprint density at radius 3 is 2.47 bits per heavy atom. The lowest BCUT2D eigenvalue weighted by atomic mass is 9.93. The quantitative estimate of drug-likeness (QED) is 0.642. The largest absolute Gasteiger partial charge is 0.377 e. The molecule has 0 spiro atoms. The molecule has 2 aliphatic rings. The van der Waals surface area contributed by atoms with Crippen molar-refractivity contribution in [3.8, 4) is 11.4 Å². The van der Waals surface area contributed by atoms with Crippen molar-refractivity contribution in [2.45, 2.75) is 56.9 Å². The van der Waals surface area contributed by atoms with Crippen molar-refractivity contribution in [3.05, 3.63) is 36.0 Å². The molecule has 1 saturated carbocycles. The van der Waals surface area contributed by atoms with Gasteiger partial charge in [0.05, 0.1) is 24.9 Å². The lowest BCUT2D eigenvalue weighted by Crippen LogP contribution is -2.44. The van der Waals surface area contributed by atoms with E-state index in [0.717, 1.165) is 24.8 Å². The van der Waals surface area contributed by atoms with Gasteiger partial charge in [-0.25, -0.2) is 23.2 Å². The molecule has 0 bridgehead atoms. The molecule has 9 nitrogen and oxygen atoms in total. The van der Waals surface area contributed by atoms with Crippen LogP contribution in [0.5, 0.6) is 0 Å². The number of hydrogen-bond donors (Lipinski definition) is 2. The first kappa shape index (κ1) is 24.4. The van der Waals surface area contributed by atoms with E-state index in [-0.39, 0.29) is 18.1 Å². The number of carbonyl (C=O) groups is 1. The second-order valence-electron chi connectivity index (χ2n) is 9.64. The van der Waals surface area contributed by atoms with Crippen molar-refractivity contribution in [1.29, 1.82) is 0 Å². The lowest BCUT2D eigenvalue weighted by molar-refractivity contribution is 0.0985. The molecule has 0 unspecified atom stereocenters. The molecule has 10 heteroatoms. The highest BCUT2D eigenvalue weighted by atomic mass is 32.2. The summed E-state index contributed by atoms with van der Waals surface area (Å²) in [7, 11) is -3.43. The molecule has 2 aromatic rings. The van der Waals surface area contributed by atoms with E-state index in [1.165, 1.54) is 6.26 Å². The number of nitrogens with zero attached hydrogens (tertiary/aromatic N) is 3. The third-order valence-corrected chi connectivity index (χ3v) is 8.82. The third kappa shape index (κ3) is 5.17. The molecule has 1 saturated heterocycles. The average molecular weight is 488 g/mol. The Morgan fingerprint density at radius 1 is 1.18 bits per heavy atom. The predicted octanol–water partition coefficient (Wildman–Crippen LogP) is 3.32. The molecule has 1 aliphatic carbocycles. The van der Waals surface area contributed by atoms with E-state index in [1.54, 1.807) is 32.0 Å². The average Bonchev–Trinajstić information content (AvgIpc) is 2.76. The van der Waals surface area contributed by atoms with Gasteiger partial charge in [-0.3, -0.25) is 0 Å². The van der Waals surface area contributed by atoms with Gasteiger partial charge >= 0.3 is 6.03 Å². The molecule has 4 rings (SSSR count). The number of carbonyl (C=O) groups excluding carboxylic acids is 1. The number of aromatic nitrogens is 2. The molecule has 1 aromatic carbocycles. The van der Waals surface area contributed by atoms with Crippen LogP contribution in [0.15, 0.2) is 30.3 Å². The fourth-order valence-corrected chi connectivity index (χ4v) is 4.37. The number of nitrogens with one attached hydrogen (secondary N) is 2. The predicted molar refractivity (Wildman–Crippen MR) is 133 cm³/mol. The van der Waals surface area contributed by atoms with Crippen LogP contribution in [0, 0.1) is 0 Å². The van der Waals surface area contributed by atoms with Crippen molar-refractivity contribution in [3.63, 3.8) is 0 Å². The molecule has 1 aliphatic heterocycles. The SMILES string of the molecule is C[C@H]1COCCN1c1cc(C(C)(C)S(C)(=O)=O)nc(-c2ccc(NC(=O)NC3CCC3)cc2)n1. The molecule has 2 heterocycles. The Bertz CT molecular complexity index is 1150. The van der Waals surface area contributed by atoms with Gasteiger partial charge in [0.25, 0.3) is 0 Å². The molecular formula is C24H33N5O4S. The Morgan fingerprint density at radius 2 is 1.88 bits per heavy atom. The first-order valence-electron chi connectivity index (χ1n) is 11.7. The van der Waals surface area contributed by atoms with Gasteiger partial charge in [0, 0.05) is 36.2 Å². The summed E-state index contributed by atoms with van der Waals surface area (Å²) in [6.45, 7) is 7.20. The summed E-state index contributed by atoms with van der Waals surface area (Å²) in [4.78, 5) is 23.7. The maximum absolute atomic E-state index is 12.6. The second kappa shape index (κ2) is 9.50. The molecule has 2 fully saturated rings. The summed E-state index contributed by atoms with van der Waals surface area (Å²) < 4.78 is 29.5. The van der Waals surface area contributed by atoms with E-state index in [4.69, 9.17) is 9.72 Å². The highest BCUT2D eigenvalue weighted by Crippen LogP contribution is 2.32. The minimum atomic E-state index is -3.43. The maximum atomic E-state index is 12.6. The molecular weight excluding hydrogens is 454 g/mol. The van der Waals surface area contributed by atoms with E-state index >= 15 is 0 Å². The van der Waals surface area contributed by atoms with Crippen molar-refractivity contribution in [2.75, 3.05) is 36.2 Å². The van der Waals surface area contributed by atoms with Crippen LogP contribution in [-0.4, -0.2) is 62.5 Å². The van der Waals surface area contributed by atoms with E-state index in [1.807, 2.05) is 12.1 Å². The van der Waals surface area contributed by atoms with Crippen LogP contribution in [0.3, 0.4) is 0 Å². The fraction of sp³-hybridized carbons (Fsp3) is 0.542. The first-order chi connectivity index (χ1) is 16.0. The number of rotatable bonds is 6. The van der Waals surface area contributed by atoms with Crippen molar-refractivity contribution in [2.24, 2.45) is 0 Å². The standard InChI is InChI=1S/C24H33N5O4S/c1-16-15-33-13-12-29(16)21-14-20(24(2,3)34(4,31)32)27-22(28-21)17-8-10-19(11-9-17)26-23(30)25-18-6-5-7-18/h8-11,14,16,18H,5-7,12-13,15H2,1-4H3,(H2,25,26,30)/t16-/m0/s1. The number of morpholine rings is 1. The number of ether oxygens (including phenoxy) is 1. The Balaban J connectivity index is 1.65. The summed E-state index contributed by atoms with van der Waals surface area (Å²) in [5.74, 6) is 1.11. The molecule has 184 valence electrons. The molecule has 1 atom stereocenters. The molecule has 34 heavy (non-hydrogen) atoms. The van der Waals surface area contributed by atoms with Crippen LogP contribution in [0.25, 0.3) is 11.4 Å². The normalized spacial score (nSPS) is 19.4. The number of hydrogen-bond acceptors (Lipinski definition) is 7. The summed E-state index contributed by atoms with van der Waals surface area (Å²) in [6.07, 6.45) is 4.42. The molecule has 2 N–H and O–H groups in total. The first-order valence-corrected chi connectivity index (χ1v) is 13.6. The minimum Gasteiger partial charge on any atom is -0.377 e. The van der Waals surface area contributed by atoms with Gasteiger partial charge < -0.3 is 20.3 Å². The van der Waals surface area contributed by atoms with Gasteiger partial charge in [-0.2, -0.15) is 0 Å². The van der Waals surface area contributed by atoms with Crippen molar-refractivity contribution in [1.82, 2.24) is 15.3 Å². The third-order valence-electron chi connectivity index (χ3n) is 6.76. The van der Waals surface area contributed by atoms with Crippen molar-refractivity contribution < 1.29 is 17.9 Å². The summed E-state index contributed by atoms with van der Waals surface area (Å²) >= 11 is 0. The van der Waals surface area contributed by atoms with Crippen LogP contribution in [0.1, 0.15) is 45.7 Å². The van der Waals surface area contributed by atoms with E-state index in [2.05, 4.69) is 27.4 Å². The highest BCUT2D eigenvalue weighted by molar-refractivity contribution is 7.91. The number of amides is 2. The maximum Gasteiger partial charge on any atom is 0.319 e. The Labute approximate surface area is 201 Å². The summed E-state index contributed by atoms with van der Waals surface area (Å²) in [5.41, 5.74) is 1.84. The van der Waals surface area contributed by atoms with Crippen LogP contribution < -0.4 is 15.5 Å². The van der Waals surface area contributed by atoms with Crippen LogP contribution >= 0.6 is 0 Å². The van der Waals surface area contributed by atoms with Crippen molar-refractivity contribution >= 4 is 27.4 Å². The zero-order valence-electron chi connectivity index (χ0n) is 20.2. The number of benzene rings is 1. The summed E-state index contributed by atoms with van der Waals surface area (Å²) in [6, 6.07) is 9.17. The topological polar surface area (TPSA) is 114 Å². The zero-order valence-corrected chi connectivity index (χ0v) is 21.0. The van der Waals surface area contributed by atoms with E-state index < -0.39 is 14.6 Å². The monoisotopic (exact) mass is 487 g/mol. The van der Waals surface area contributed by atoms with E-state index in [9.17, 15) is 13.2 Å². The lowest BCUT2D eigenvalue weighted by Gasteiger charge is -2.35. The fourth-order valence-electron chi connectivity index (χ4n) is 3.88.